The van der Waals surface area contributed by atoms with Gasteiger partial charge in [0.25, 0.3) is 0 Å². The van der Waals surface area contributed by atoms with Gasteiger partial charge < -0.3 is 20.3 Å². The zero-order chi connectivity index (χ0) is 15.0. The molecule has 1 amide bonds. The van der Waals surface area contributed by atoms with Crippen molar-refractivity contribution in [3.8, 4) is 0 Å². The molecule has 1 rings (SSSR count). The highest BCUT2D eigenvalue weighted by molar-refractivity contribution is 5.79. The van der Waals surface area contributed by atoms with Crippen LogP contribution in [0.1, 0.15) is 33.6 Å². The number of amides is 1. The van der Waals surface area contributed by atoms with E-state index in [1.54, 1.807) is 0 Å². The first-order valence-corrected chi connectivity index (χ1v) is 7.85. The van der Waals surface area contributed by atoms with Gasteiger partial charge in [-0.15, -0.1) is 0 Å². The maximum Gasteiger partial charge on any atom is 0.227 e. The van der Waals surface area contributed by atoms with Gasteiger partial charge in [0.15, 0.2) is 0 Å². The summed E-state index contributed by atoms with van der Waals surface area (Å²) < 4.78 is 5.43. The quantitative estimate of drug-likeness (QED) is 0.617. The van der Waals surface area contributed by atoms with Crippen molar-refractivity contribution >= 4 is 5.91 Å². The van der Waals surface area contributed by atoms with Crippen molar-refractivity contribution in [2.45, 2.75) is 45.7 Å². The van der Waals surface area contributed by atoms with E-state index in [0.29, 0.717) is 19.3 Å². The summed E-state index contributed by atoms with van der Waals surface area (Å²) in [5.41, 5.74) is 0. The fraction of sp³-hybridized carbons (Fsp3) is 0.933. The number of hydrogen-bond acceptors (Lipinski definition) is 4. The Balaban J connectivity index is 2.21. The van der Waals surface area contributed by atoms with Crippen LogP contribution in [-0.4, -0.2) is 62.8 Å². The minimum absolute atomic E-state index is 0.0376. The van der Waals surface area contributed by atoms with E-state index in [1.165, 1.54) is 0 Å². The van der Waals surface area contributed by atoms with Crippen molar-refractivity contribution in [3.05, 3.63) is 0 Å². The number of nitrogens with zero attached hydrogens (tertiary/aromatic N) is 1. The van der Waals surface area contributed by atoms with E-state index in [4.69, 9.17) is 4.74 Å². The second kappa shape index (κ2) is 9.32. The molecular weight excluding hydrogens is 254 g/mol. The molecule has 0 aromatic rings. The third-order valence-electron chi connectivity index (χ3n) is 3.94. The molecule has 0 aromatic carbocycles. The Labute approximate surface area is 123 Å². The number of carbonyl (C=O) groups excluding carboxylic acids is 1. The van der Waals surface area contributed by atoms with Crippen LogP contribution >= 0.6 is 0 Å². The summed E-state index contributed by atoms with van der Waals surface area (Å²) >= 11 is 0. The van der Waals surface area contributed by atoms with Crippen molar-refractivity contribution in [1.29, 1.82) is 0 Å². The predicted molar refractivity (Wildman–Crippen MR) is 81.8 cm³/mol. The van der Waals surface area contributed by atoms with Crippen LogP contribution in [0.15, 0.2) is 0 Å². The molecule has 1 fully saturated rings. The molecule has 0 spiro atoms. The molecule has 1 heterocycles. The predicted octanol–water partition coefficient (Wildman–Crippen LogP) is 0.848. The van der Waals surface area contributed by atoms with Crippen LogP contribution in [0.3, 0.4) is 0 Å². The minimum atomic E-state index is -0.0376. The van der Waals surface area contributed by atoms with Crippen LogP contribution in [0.4, 0.5) is 0 Å². The SMILES string of the molecule is CCCNC1COCC1C(=O)NCCCN(C)C(C)C. The van der Waals surface area contributed by atoms with E-state index >= 15 is 0 Å². The third-order valence-corrected chi connectivity index (χ3v) is 3.94. The van der Waals surface area contributed by atoms with Crippen molar-refractivity contribution < 1.29 is 9.53 Å². The van der Waals surface area contributed by atoms with E-state index in [1.807, 2.05) is 0 Å². The highest BCUT2D eigenvalue weighted by Crippen LogP contribution is 2.13. The van der Waals surface area contributed by atoms with Gasteiger partial charge >= 0.3 is 0 Å². The Hall–Kier alpha value is -0.650. The van der Waals surface area contributed by atoms with Gasteiger partial charge in [0, 0.05) is 18.6 Å². The highest BCUT2D eigenvalue weighted by atomic mass is 16.5. The Morgan fingerprint density at radius 1 is 1.35 bits per heavy atom. The van der Waals surface area contributed by atoms with Crippen LogP contribution in [0.5, 0.6) is 0 Å². The molecular formula is C15H31N3O2. The van der Waals surface area contributed by atoms with Crippen LogP contribution in [0, 0.1) is 5.92 Å². The lowest BCUT2D eigenvalue weighted by atomic mass is 10.0. The number of ether oxygens (including phenoxy) is 1. The van der Waals surface area contributed by atoms with Crippen LogP contribution < -0.4 is 10.6 Å². The Morgan fingerprint density at radius 2 is 2.10 bits per heavy atom. The highest BCUT2D eigenvalue weighted by Gasteiger charge is 2.33. The molecule has 2 unspecified atom stereocenters. The van der Waals surface area contributed by atoms with Gasteiger partial charge in [0.05, 0.1) is 19.1 Å². The molecule has 0 bridgehead atoms. The first-order chi connectivity index (χ1) is 9.56. The summed E-state index contributed by atoms with van der Waals surface area (Å²) in [6, 6.07) is 0.727. The normalized spacial score (nSPS) is 22.7. The summed E-state index contributed by atoms with van der Waals surface area (Å²) in [5.74, 6) is 0.0904. The number of hydrogen-bond donors (Lipinski definition) is 2. The standard InChI is InChI=1S/C15H31N3O2/c1-5-7-16-14-11-20-10-13(14)15(19)17-8-6-9-18(4)12(2)3/h12-14,16H,5-11H2,1-4H3,(H,17,19). The van der Waals surface area contributed by atoms with Crippen LogP contribution in [-0.2, 0) is 9.53 Å². The van der Waals surface area contributed by atoms with E-state index in [-0.39, 0.29) is 17.9 Å². The molecule has 118 valence electrons. The summed E-state index contributed by atoms with van der Waals surface area (Å²) in [4.78, 5) is 14.4. The summed E-state index contributed by atoms with van der Waals surface area (Å²) in [7, 11) is 2.11. The average Bonchev–Trinajstić information content (AvgIpc) is 2.88. The smallest absolute Gasteiger partial charge is 0.227 e. The lowest BCUT2D eigenvalue weighted by molar-refractivity contribution is -0.125. The fourth-order valence-corrected chi connectivity index (χ4v) is 2.27. The van der Waals surface area contributed by atoms with E-state index in [2.05, 4.69) is 43.4 Å². The van der Waals surface area contributed by atoms with Crippen molar-refractivity contribution in [2.24, 2.45) is 5.92 Å². The van der Waals surface area contributed by atoms with Gasteiger partial charge in [-0.25, -0.2) is 0 Å². The molecule has 5 heteroatoms. The van der Waals surface area contributed by atoms with E-state index in [9.17, 15) is 4.79 Å². The number of nitrogens with one attached hydrogen (secondary N) is 2. The molecule has 20 heavy (non-hydrogen) atoms. The van der Waals surface area contributed by atoms with Gasteiger partial charge in [-0.2, -0.15) is 0 Å². The molecule has 1 saturated heterocycles. The van der Waals surface area contributed by atoms with Gasteiger partial charge in [-0.05, 0) is 46.8 Å². The molecule has 2 atom stereocenters. The third kappa shape index (κ3) is 5.77. The van der Waals surface area contributed by atoms with Crippen molar-refractivity contribution in [1.82, 2.24) is 15.5 Å². The lowest BCUT2D eigenvalue weighted by Crippen LogP contribution is -2.44. The van der Waals surface area contributed by atoms with E-state index in [0.717, 1.165) is 32.5 Å². The molecule has 1 aliphatic rings. The molecule has 1 aliphatic heterocycles. The van der Waals surface area contributed by atoms with Gasteiger partial charge in [0.1, 0.15) is 0 Å². The van der Waals surface area contributed by atoms with Gasteiger partial charge in [0.2, 0.25) is 5.91 Å². The first-order valence-electron chi connectivity index (χ1n) is 7.85. The minimum Gasteiger partial charge on any atom is -0.379 e. The van der Waals surface area contributed by atoms with Gasteiger partial charge in [-0.1, -0.05) is 6.92 Å². The zero-order valence-corrected chi connectivity index (χ0v) is 13.4. The molecule has 5 nitrogen and oxygen atoms in total. The first kappa shape index (κ1) is 17.4. The number of carbonyl (C=O) groups is 1. The monoisotopic (exact) mass is 285 g/mol. The topological polar surface area (TPSA) is 53.6 Å². The Bertz CT molecular complexity index is 284. The lowest BCUT2D eigenvalue weighted by Gasteiger charge is -2.21. The number of rotatable bonds is 9. The molecule has 0 aromatic heterocycles. The molecule has 0 saturated carbocycles. The Kier molecular flexibility index (Phi) is 8.11. The molecule has 0 radical (unpaired) electrons. The average molecular weight is 285 g/mol. The van der Waals surface area contributed by atoms with E-state index < -0.39 is 0 Å². The van der Waals surface area contributed by atoms with Crippen molar-refractivity contribution in [2.75, 3.05) is 39.9 Å². The summed E-state index contributed by atoms with van der Waals surface area (Å²) in [6.07, 6.45) is 2.06. The Morgan fingerprint density at radius 3 is 2.75 bits per heavy atom. The fourth-order valence-electron chi connectivity index (χ4n) is 2.27. The second-order valence-corrected chi connectivity index (χ2v) is 5.92. The largest absolute Gasteiger partial charge is 0.379 e. The van der Waals surface area contributed by atoms with Crippen molar-refractivity contribution in [3.63, 3.8) is 0 Å². The second-order valence-electron chi connectivity index (χ2n) is 5.92. The van der Waals surface area contributed by atoms with Crippen LogP contribution in [0.25, 0.3) is 0 Å². The summed E-state index contributed by atoms with van der Waals surface area (Å²) in [5, 5.41) is 6.43. The molecule has 2 N–H and O–H groups in total. The van der Waals surface area contributed by atoms with Gasteiger partial charge in [-0.3, -0.25) is 4.79 Å². The van der Waals surface area contributed by atoms with Crippen LogP contribution in [0.2, 0.25) is 0 Å². The summed E-state index contributed by atoms with van der Waals surface area (Å²) in [6.45, 7) is 10.4. The zero-order valence-electron chi connectivity index (χ0n) is 13.4. The maximum atomic E-state index is 12.2. The molecule has 0 aliphatic carbocycles. The maximum absolute atomic E-state index is 12.2.